The first-order chi connectivity index (χ1) is 15.9. The number of hydrogen-bond donors (Lipinski definition) is 2. The first-order valence-corrected chi connectivity index (χ1v) is 12.6. The summed E-state index contributed by atoms with van der Waals surface area (Å²) in [5.41, 5.74) is 0.738. The molecule has 1 aromatic rings. The average Bonchev–Trinajstić information content (AvgIpc) is 3.34. The molecular formula is C20H21N6NaO5S2. The van der Waals surface area contributed by atoms with Crippen LogP contribution in [0, 0.1) is 5.92 Å². The van der Waals surface area contributed by atoms with Gasteiger partial charge in [0.25, 0.3) is 5.91 Å². The molecule has 0 spiro atoms. The number of carbonyl (C=O) groups excluding carboxylic acids is 4. The third-order valence-electron chi connectivity index (χ3n) is 5.97. The Morgan fingerprint density at radius 3 is 2.82 bits per heavy atom. The van der Waals surface area contributed by atoms with Crippen molar-refractivity contribution in [2.75, 3.05) is 24.6 Å². The zero-order valence-corrected chi connectivity index (χ0v) is 22.1. The topological polar surface area (TPSA) is 151 Å². The zero-order chi connectivity index (χ0) is 23.1. The molecule has 1 aliphatic carbocycles. The van der Waals surface area contributed by atoms with Crippen molar-refractivity contribution < 1.29 is 53.8 Å². The normalized spacial score (nSPS) is 25.2. The van der Waals surface area contributed by atoms with Crippen molar-refractivity contribution >= 4 is 47.2 Å². The van der Waals surface area contributed by atoms with E-state index in [9.17, 15) is 24.3 Å². The molecular weight excluding hydrogens is 491 g/mol. The monoisotopic (exact) mass is 512 g/mol. The number of carboxylic acids is 1. The number of hydrogen-bond acceptors (Lipinski definition) is 9. The number of H-pyrrole nitrogens is 1. The molecule has 2 saturated heterocycles. The second-order valence-corrected chi connectivity index (χ2v) is 10.3. The van der Waals surface area contributed by atoms with Gasteiger partial charge in [-0.2, -0.15) is 0 Å². The molecule has 34 heavy (non-hydrogen) atoms. The van der Waals surface area contributed by atoms with Crippen LogP contribution in [0.15, 0.2) is 34.4 Å². The molecule has 174 valence electrons. The largest absolute Gasteiger partial charge is 1.00 e. The fraction of sp³-hybridized carbons (Fsp3) is 0.500. The number of allylic oxidation sites excluding steroid dienone is 1. The summed E-state index contributed by atoms with van der Waals surface area (Å²) in [5, 5.41) is 20.9. The minimum absolute atomic E-state index is 0. The van der Waals surface area contributed by atoms with Crippen molar-refractivity contribution in [1.82, 2.24) is 30.3 Å². The van der Waals surface area contributed by atoms with Crippen LogP contribution in [0.25, 0.3) is 0 Å². The van der Waals surface area contributed by atoms with E-state index in [1.165, 1.54) is 18.1 Å². The summed E-state index contributed by atoms with van der Waals surface area (Å²) in [6, 6.07) is -0.819. The van der Waals surface area contributed by atoms with Crippen LogP contribution in [0.4, 0.5) is 0 Å². The first kappa shape index (κ1) is 25.3. The molecule has 2 atom stereocenters. The van der Waals surface area contributed by atoms with Crippen LogP contribution in [0.5, 0.6) is 0 Å². The maximum Gasteiger partial charge on any atom is 1.00 e. The number of nitrogens with zero attached hydrogens (tertiary/aromatic N) is 4. The molecule has 2 N–H and O–H groups in total. The number of nitrogens with one attached hydrogen (secondary N) is 2. The predicted molar refractivity (Wildman–Crippen MR) is 116 cm³/mol. The van der Waals surface area contributed by atoms with Gasteiger partial charge in [0.1, 0.15) is 17.7 Å². The number of likely N-dealkylation sites (tertiary alicyclic amines) is 1. The third kappa shape index (κ3) is 5.08. The number of amides is 3. The van der Waals surface area contributed by atoms with E-state index in [1.807, 2.05) is 4.90 Å². The number of carboxylic acid groups (broad SMARTS) is 1. The Morgan fingerprint density at radius 2 is 2.15 bits per heavy atom. The molecule has 4 aliphatic rings. The van der Waals surface area contributed by atoms with Gasteiger partial charge in [-0.05, 0) is 36.8 Å². The molecule has 11 nitrogen and oxygen atoms in total. The van der Waals surface area contributed by atoms with Gasteiger partial charge in [-0.1, -0.05) is 11.8 Å². The standard InChI is InChI=1S/C20H22N6O5S2.Na/c27-13(8-33-20-21-9-22-24-20)23-14-17(29)26-15(19(30)31)12(7-32-18(14)26)5-11-3-4-25(16(11)28)6-10-1-2-10;/h5,9-10,14,18H,1-4,6-8H2,(H,23,27)(H,30,31)(H,21,22,24);/q;+1/p-1/b11-5+;/t14-,18-;/m1./s1. The van der Waals surface area contributed by atoms with E-state index in [0.29, 0.717) is 40.9 Å². The Balaban J connectivity index is 0.00000274. The Kier molecular flexibility index (Phi) is 7.77. The smallest absolute Gasteiger partial charge is 0.543 e. The van der Waals surface area contributed by atoms with E-state index < -0.39 is 23.3 Å². The van der Waals surface area contributed by atoms with Crippen LogP contribution in [0.3, 0.4) is 0 Å². The molecule has 14 heteroatoms. The van der Waals surface area contributed by atoms with Gasteiger partial charge >= 0.3 is 29.6 Å². The van der Waals surface area contributed by atoms with Gasteiger partial charge in [0, 0.05) is 24.4 Å². The van der Waals surface area contributed by atoms with Gasteiger partial charge in [-0.15, -0.1) is 16.9 Å². The van der Waals surface area contributed by atoms with Gasteiger partial charge in [0.2, 0.25) is 17.0 Å². The average molecular weight is 513 g/mol. The molecule has 3 fully saturated rings. The van der Waals surface area contributed by atoms with Gasteiger partial charge in [-0.25, -0.2) is 4.98 Å². The van der Waals surface area contributed by atoms with E-state index in [0.717, 1.165) is 36.0 Å². The van der Waals surface area contributed by atoms with Crippen LogP contribution in [-0.2, 0) is 19.2 Å². The van der Waals surface area contributed by atoms with Crippen molar-refractivity contribution in [2.24, 2.45) is 5.92 Å². The maximum atomic E-state index is 12.7. The van der Waals surface area contributed by atoms with Crippen LogP contribution in [0.1, 0.15) is 19.3 Å². The van der Waals surface area contributed by atoms with Gasteiger partial charge in [-0.3, -0.25) is 24.4 Å². The second kappa shape index (κ2) is 10.4. The Labute approximate surface area is 225 Å². The van der Waals surface area contributed by atoms with Crippen LogP contribution >= 0.6 is 23.5 Å². The summed E-state index contributed by atoms with van der Waals surface area (Å²) < 4.78 is 0. The van der Waals surface area contributed by atoms with E-state index >= 15 is 0 Å². The van der Waals surface area contributed by atoms with E-state index in [4.69, 9.17) is 0 Å². The second-order valence-electron chi connectivity index (χ2n) is 8.30. The molecule has 0 bridgehead atoms. The number of rotatable bonds is 8. The fourth-order valence-electron chi connectivity index (χ4n) is 4.15. The van der Waals surface area contributed by atoms with Crippen molar-refractivity contribution in [3.8, 4) is 0 Å². The van der Waals surface area contributed by atoms with Crippen molar-refractivity contribution in [2.45, 2.75) is 35.8 Å². The molecule has 4 heterocycles. The molecule has 1 aromatic heterocycles. The summed E-state index contributed by atoms with van der Waals surface area (Å²) in [6.07, 6.45) is 5.86. The van der Waals surface area contributed by atoms with Gasteiger partial charge < -0.3 is 20.1 Å². The summed E-state index contributed by atoms with van der Waals surface area (Å²) in [7, 11) is 0. The van der Waals surface area contributed by atoms with Crippen molar-refractivity contribution in [3.05, 3.63) is 29.2 Å². The molecule has 1 saturated carbocycles. The van der Waals surface area contributed by atoms with Crippen LogP contribution in [0.2, 0.25) is 0 Å². The molecule has 3 aliphatic heterocycles. The van der Waals surface area contributed by atoms with Crippen molar-refractivity contribution in [3.63, 3.8) is 0 Å². The van der Waals surface area contributed by atoms with Crippen LogP contribution < -0.4 is 40.0 Å². The summed E-state index contributed by atoms with van der Waals surface area (Å²) in [4.78, 5) is 56.5. The third-order valence-corrected chi connectivity index (χ3v) is 8.13. The Bertz CT molecular complexity index is 1070. The zero-order valence-electron chi connectivity index (χ0n) is 18.5. The summed E-state index contributed by atoms with van der Waals surface area (Å²) >= 11 is 2.47. The first-order valence-electron chi connectivity index (χ1n) is 10.6. The number of aliphatic carboxylic acids is 1. The number of β-lactam (4-membered cyclic amide) rings is 1. The van der Waals surface area contributed by atoms with Crippen molar-refractivity contribution in [1.29, 1.82) is 0 Å². The van der Waals surface area contributed by atoms with Gasteiger partial charge in [0.15, 0.2) is 0 Å². The van der Waals surface area contributed by atoms with E-state index in [1.54, 1.807) is 6.08 Å². The molecule has 3 amide bonds. The quantitative estimate of drug-likeness (QED) is 0.153. The maximum absolute atomic E-state index is 12.7. The number of thioether (sulfide) groups is 2. The van der Waals surface area contributed by atoms with Gasteiger partial charge in [0.05, 0.1) is 17.4 Å². The minimum atomic E-state index is -1.47. The molecule has 0 aromatic carbocycles. The Morgan fingerprint density at radius 1 is 1.35 bits per heavy atom. The molecule has 5 rings (SSSR count). The SMILES string of the molecule is O=C(CSc1nc[nH]n1)N[C@@H]1C(=O)N2C(C(=O)[O-])=C(/C=C3\CCN(CC4CC4)C3=O)CS[C@H]12.[Na+]. The van der Waals surface area contributed by atoms with Crippen LogP contribution in [-0.4, -0.2) is 84.7 Å². The summed E-state index contributed by atoms with van der Waals surface area (Å²) in [5.74, 6) is -1.51. The molecule has 0 unspecified atom stereocenters. The number of carbonyl (C=O) groups is 4. The van der Waals surface area contributed by atoms with E-state index in [-0.39, 0.29) is 52.8 Å². The number of aromatic nitrogens is 3. The Hall–Kier alpha value is -1.80. The predicted octanol–water partition coefficient (Wildman–Crippen LogP) is -4.13. The fourth-order valence-corrected chi connectivity index (χ4v) is 6.05. The minimum Gasteiger partial charge on any atom is -0.543 e. The number of fused-ring (bicyclic) bond motifs is 1. The molecule has 0 radical (unpaired) electrons. The number of aromatic amines is 1. The van der Waals surface area contributed by atoms with E-state index in [2.05, 4.69) is 20.5 Å². The summed E-state index contributed by atoms with van der Waals surface area (Å²) in [6.45, 7) is 1.38.